The molecule has 0 saturated heterocycles. The van der Waals surface area contributed by atoms with Gasteiger partial charge in [-0.05, 0) is 19.1 Å². The van der Waals surface area contributed by atoms with Crippen molar-refractivity contribution in [3.8, 4) is 16.9 Å². The topological polar surface area (TPSA) is 55.0 Å². The molecule has 2 aromatic carbocycles. The van der Waals surface area contributed by atoms with E-state index in [4.69, 9.17) is 9.93 Å². The molecule has 3 aromatic rings. The summed E-state index contributed by atoms with van der Waals surface area (Å²) >= 11 is 0. The van der Waals surface area contributed by atoms with Crippen LogP contribution in [0.2, 0.25) is 0 Å². The Bertz CT molecular complexity index is 739. The van der Waals surface area contributed by atoms with E-state index < -0.39 is 0 Å². The first-order valence-corrected chi connectivity index (χ1v) is 6.02. The second-order valence-electron chi connectivity index (χ2n) is 4.36. The van der Waals surface area contributed by atoms with Gasteiger partial charge in [0.25, 0.3) is 11.2 Å². The molecule has 0 aliphatic rings. The van der Waals surface area contributed by atoms with E-state index in [2.05, 4.69) is 5.27 Å². The molecule has 0 saturated carbocycles. The molecule has 0 fully saturated rings. The molecule has 0 aliphatic heterocycles. The molecular formula is C15H13N3O. The van der Waals surface area contributed by atoms with Crippen LogP contribution in [0.15, 0.2) is 59.1 Å². The maximum absolute atomic E-state index is 7.87. The van der Waals surface area contributed by atoms with Gasteiger partial charge in [-0.2, -0.15) is 4.68 Å². The van der Waals surface area contributed by atoms with Gasteiger partial charge in [-0.1, -0.05) is 35.9 Å². The molecule has 3 rings (SSSR count). The minimum Gasteiger partial charge on any atom is -0.486 e. The van der Waals surface area contributed by atoms with E-state index in [1.165, 1.54) is 5.56 Å². The number of aromatic nitrogens is 2. The van der Waals surface area contributed by atoms with Crippen molar-refractivity contribution in [1.82, 2.24) is 5.27 Å². The van der Waals surface area contributed by atoms with Gasteiger partial charge >= 0.3 is 0 Å². The Morgan fingerprint density at radius 1 is 1.00 bits per heavy atom. The van der Waals surface area contributed by atoms with Crippen LogP contribution in [0.5, 0.6) is 0 Å². The molecule has 0 radical (unpaired) electrons. The molecule has 0 atom stereocenters. The maximum Gasteiger partial charge on any atom is 0.274 e. The highest BCUT2D eigenvalue weighted by atomic mass is 16.5. The van der Waals surface area contributed by atoms with Crippen molar-refractivity contribution in [2.24, 2.45) is 0 Å². The fourth-order valence-electron chi connectivity index (χ4n) is 1.97. The minimum atomic E-state index is 0.0618. The smallest absolute Gasteiger partial charge is 0.274 e. The van der Waals surface area contributed by atoms with E-state index in [1.807, 2.05) is 61.5 Å². The van der Waals surface area contributed by atoms with Crippen LogP contribution in [0.4, 0.5) is 0 Å². The third-order valence-corrected chi connectivity index (χ3v) is 2.97. The third-order valence-electron chi connectivity index (χ3n) is 2.97. The van der Waals surface area contributed by atoms with Crippen molar-refractivity contribution < 1.29 is 9.20 Å². The van der Waals surface area contributed by atoms with Crippen LogP contribution in [0, 0.1) is 12.3 Å². The molecule has 1 heterocycles. The zero-order valence-electron chi connectivity index (χ0n) is 10.5. The van der Waals surface area contributed by atoms with Gasteiger partial charge in [0.1, 0.15) is 0 Å². The lowest BCUT2D eigenvalue weighted by molar-refractivity contribution is -0.666. The van der Waals surface area contributed by atoms with E-state index >= 15 is 0 Å². The second kappa shape index (κ2) is 4.57. The molecule has 19 heavy (non-hydrogen) atoms. The molecule has 4 nitrogen and oxygen atoms in total. The van der Waals surface area contributed by atoms with Gasteiger partial charge in [-0.3, -0.25) is 5.41 Å². The van der Waals surface area contributed by atoms with Gasteiger partial charge in [0.2, 0.25) is 5.69 Å². The van der Waals surface area contributed by atoms with Crippen molar-refractivity contribution in [3.63, 3.8) is 0 Å². The fraction of sp³-hybridized carbons (Fsp3) is 0.0667. The number of benzene rings is 2. The molecule has 0 amide bonds. The van der Waals surface area contributed by atoms with Crippen molar-refractivity contribution in [1.29, 1.82) is 5.41 Å². The number of hydrogen-bond acceptors (Lipinski definition) is 2. The van der Waals surface area contributed by atoms with E-state index in [-0.39, 0.29) is 5.55 Å². The predicted octanol–water partition coefficient (Wildman–Crippen LogP) is 1.97. The Kier molecular flexibility index (Phi) is 2.76. The fourth-order valence-corrected chi connectivity index (χ4v) is 1.97. The largest absolute Gasteiger partial charge is 0.486 e. The summed E-state index contributed by atoms with van der Waals surface area (Å²) in [5.74, 6) is 0. The van der Waals surface area contributed by atoms with Gasteiger partial charge in [-0.25, -0.2) is 5.27 Å². The van der Waals surface area contributed by atoms with Crippen molar-refractivity contribution >= 4 is 0 Å². The van der Waals surface area contributed by atoms with Crippen LogP contribution in [0.1, 0.15) is 5.56 Å². The Labute approximate surface area is 110 Å². The number of rotatable bonds is 2. The Morgan fingerprint density at radius 2 is 1.68 bits per heavy atom. The second-order valence-corrected chi connectivity index (χ2v) is 4.36. The summed E-state index contributed by atoms with van der Waals surface area (Å²) in [6, 6.07) is 17.6. The van der Waals surface area contributed by atoms with Crippen LogP contribution in [0.3, 0.4) is 0 Å². The molecule has 1 aromatic heterocycles. The van der Waals surface area contributed by atoms with E-state index in [9.17, 15) is 0 Å². The zero-order chi connectivity index (χ0) is 13.2. The summed E-state index contributed by atoms with van der Waals surface area (Å²) in [5, 5.41) is 11.8. The van der Waals surface area contributed by atoms with Gasteiger partial charge in [0.15, 0.2) is 0 Å². The van der Waals surface area contributed by atoms with Gasteiger partial charge in [-0.15, -0.1) is 0 Å². The summed E-state index contributed by atoms with van der Waals surface area (Å²) in [4.78, 5) is 0. The molecule has 94 valence electrons. The summed E-state index contributed by atoms with van der Waals surface area (Å²) in [6.07, 6.45) is 0. The number of nitrogens with zero attached hydrogens (tertiary/aromatic N) is 2. The molecule has 0 unspecified atom stereocenters. The van der Waals surface area contributed by atoms with Crippen LogP contribution in [-0.4, -0.2) is 0 Å². The summed E-state index contributed by atoms with van der Waals surface area (Å²) in [6.45, 7) is 2.03. The Balaban J connectivity index is 2.19. The van der Waals surface area contributed by atoms with Gasteiger partial charge in [0, 0.05) is 12.1 Å². The molecule has 0 spiro atoms. The number of nitrogens with one attached hydrogen (secondary N) is 1. The molecule has 1 N–H and O–H groups in total. The van der Waals surface area contributed by atoms with Crippen molar-refractivity contribution in [2.45, 2.75) is 6.92 Å². The normalized spacial score (nSPS) is 10.6. The van der Waals surface area contributed by atoms with Crippen LogP contribution >= 0.6 is 0 Å². The van der Waals surface area contributed by atoms with E-state index in [0.717, 1.165) is 11.3 Å². The van der Waals surface area contributed by atoms with Crippen LogP contribution < -0.4 is 15.5 Å². The van der Waals surface area contributed by atoms with E-state index in [0.29, 0.717) is 5.69 Å². The van der Waals surface area contributed by atoms with Gasteiger partial charge < -0.3 is 4.52 Å². The Hall–Kier alpha value is -2.62. The summed E-state index contributed by atoms with van der Waals surface area (Å²) in [7, 11) is 0. The first kappa shape index (κ1) is 11.5. The quantitative estimate of drug-likeness (QED) is 0.708. The molecular weight excluding hydrogens is 238 g/mol. The highest BCUT2D eigenvalue weighted by Crippen LogP contribution is 2.12. The lowest BCUT2D eigenvalue weighted by atomic mass is 10.1. The number of hydrogen-bond donors (Lipinski definition) is 1. The van der Waals surface area contributed by atoms with Crippen LogP contribution in [-0.2, 0) is 0 Å². The molecule has 0 bridgehead atoms. The standard InChI is InChI=1S/C15H13N3O/c1-11-7-9-13(10-8-11)18-14(15(16)19-17-18)12-5-3-2-4-6-12/h2-10,16H,1H3. The van der Waals surface area contributed by atoms with Crippen molar-refractivity contribution in [2.75, 3.05) is 0 Å². The average molecular weight is 251 g/mol. The predicted molar refractivity (Wildman–Crippen MR) is 69.6 cm³/mol. The van der Waals surface area contributed by atoms with Crippen molar-refractivity contribution in [3.05, 3.63) is 65.7 Å². The molecule has 0 aliphatic carbocycles. The highest BCUT2D eigenvalue weighted by Gasteiger charge is 2.16. The maximum atomic E-state index is 7.87. The average Bonchev–Trinajstić information content (AvgIpc) is 2.82. The zero-order valence-corrected chi connectivity index (χ0v) is 10.5. The number of aryl methyl sites for hydroxylation is 1. The third kappa shape index (κ3) is 2.08. The molecule has 4 heteroatoms. The lowest BCUT2D eigenvalue weighted by Gasteiger charge is -2.01. The van der Waals surface area contributed by atoms with E-state index in [1.54, 1.807) is 4.68 Å². The summed E-state index contributed by atoms with van der Waals surface area (Å²) in [5.41, 5.74) is 3.69. The van der Waals surface area contributed by atoms with Crippen LogP contribution in [0.25, 0.3) is 16.9 Å². The Morgan fingerprint density at radius 3 is 2.37 bits per heavy atom. The highest BCUT2D eigenvalue weighted by molar-refractivity contribution is 5.54. The first-order chi connectivity index (χ1) is 9.25. The summed E-state index contributed by atoms with van der Waals surface area (Å²) < 4.78 is 6.66. The van der Waals surface area contributed by atoms with Gasteiger partial charge in [0.05, 0.1) is 5.56 Å². The first-order valence-electron chi connectivity index (χ1n) is 6.02. The SMILES string of the molecule is Cc1ccc(-[n+]2[n-]oc(=N)c2-c2ccccc2)cc1. The monoisotopic (exact) mass is 251 g/mol. The lowest BCUT2D eigenvalue weighted by Crippen LogP contribution is -2.37. The minimum absolute atomic E-state index is 0.0618.